The Morgan fingerprint density at radius 3 is 1.19 bits per heavy atom. The van der Waals surface area contributed by atoms with Crippen LogP contribution >= 0.6 is 0 Å². The molecule has 0 saturated carbocycles. The predicted molar refractivity (Wildman–Crippen MR) is 211 cm³/mol. The Morgan fingerprint density at radius 1 is 0.638 bits per heavy atom. The van der Waals surface area contributed by atoms with E-state index in [1.807, 2.05) is 0 Å². The number of likely N-dealkylation sites (tertiary alicyclic amines) is 2. The third kappa shape index (κ3) is 9.59. The van der Waals surface area contributed by atoms with Gasteiger partial charge in [0.05, 0.1) is 49.2 Å². The number of sulfone groups is 2. The van der Waals surface area contributed by atoms with Crippen molar-refractivity contribution in [2.45, 2.75) is 124 Å². The molecule has 2 aromatic rings. The van der Waals surface area contributed by atoms with E-state index in [0.29, 0.717) is 11.4 Å². The Hall–Kier alpha value is -4.30. The van der Waals surface area contributed by atoms with E-state index in [2.05, 4.69) is 9.69 Å². The van der Waals surface area contributed by atoms with Gasteiger partial charge in [-0.2, -0.15) is 0 Å². The molecular formula is C40H52N4O12S2. The summed E-state index contributed by atoms with van der Waals surface area (Å²) in [5, 5.41) is -2.05. The van der Waals surface area contributed by atoms with Gasteiger partial charge < -0.3 is 38.2 Å². The number of carbonyl (C=O) groups excluding carboxylic acids is 2. The summed E-state index contributed by atoms with van der Waals surface area (Å²) in [5.74, 6) is -1.93. The molecule has 0 radical (unpaired) electrons. The average molecular weight is 845 g/mol. The maximum atomic E-state index is 13.5. The van der Waals surface area contributed by atoms with Gasteiger partial charge in [-0.25, -0.2) is 36.1 Å². The second-order valence-electron chi connectivity index (χ2n) is 17.7. The molecule has 4 heterocycles. The van der Waals surface area contributed by atoms with E-state index >= 15 is 0 Å². The number of benzene rings is 2. The van der Waals surface area contributed by atoms with Crippen LogP contribution in [0.15, 0.2) is 58.3 Å². The molecule has 0 bridgehead atoms. The van der Waals surface area contributed by atoms with Crippen LogP contribution in [0.2, 0.25) is 0 Å². The fourth-order valence-corrected chi connectivity index (χ4v) is 11.3. The molecule has 0 N–H and O–H groups in total. The van der Waals surface area contributed by atoms with Crippen LogP contribution in [0.4, 0.5) is 21.0 Å². The van der Waals surface area contributed by atoms with Gasteiger partial charge in [0, 0.05) is 13.1 Å². The fourth-order valence-electron chi connectivity index (χ4n) is 7.32. The van der Waals surface area contributed by atoms with Crippen LogP contribution in [-0.4, -0.2) is 123 Å². The first-order valence-corrected chi connectivity index (χ1v) is 21.7. The highest BCUT2D eigenvalue weighted by molar-refractivity contribution is 7.92. The largest absolute Gasteiger partial charge is 0.444 e. The number of hydrogen-bond donors (Lipinski definition) is 0. The molecule has 4 aliphatic heterocycles. The maximum absolute atomic E-state index is 13.5. The normalized spacial score (nSPS) is 26.5. The Labute approximate surface area is 341 Å². The van der Waals surface area contributed by atoms with Gasteiger partial charge in [0.15, 0.2) is 42.6 Å². The molecule has 2 aromatic carbocycles. The molecule has 0 unspecified atom stereocenters. The van der Waals surface area contributed by atoms with Crippen LogP contribution in [0.25, 0.3) is 9.69 Å². The molecule has 4 saturated heterocycles. The van der Waals surface area contributed by atoms with Crippen molar-refractivity contribution in [3.63, 3.8) is 0 Å². The van der Waals surface area contributed by atoms with E-state index in [0.717, 1.165) is 0 Å². The van der Waals surface area contributed by atoms with Crippen molar-refractivity contribution >= 4 is 43.2 Å². The summed E-state index contributed by atoms with van der Waals surface area (Å²) in [7, 11) is -7.75. The maximum Gasteiger partial charge on any atom is 0.410 e. The summed E-state index contributed by atoms with van der Waals surface area (Å²) in [6.45, 7) is 31.5. The molecule has 2 spiro atoms. The lowest BCUT2D eigenvalue weighted by Crippen LogP contribution is -2.49. The van der Waals surface area contributed by atoms with Crippen LogP contribution in [-0.2, 0) is 48.1 Å². The molecule has 316 valence electrons. The molecule has 4 atom stereocenters. The average Bonchev–Trinajstić information content (AvgIpc) is 3.86. The number of ether oxygens (including phenoxy) is 6. The molecule has 2 amide bonds. The van der Waals surface area contributed by atoms with Crippen LogP contribution in [0.3, 0.4) is 0 Å². The number of hydrogen-bond acceptors (Lipinski definition) is 12. The Balaban J connectivity index is 0.000000221. The van der Waals surface area contributed by atoms with Crippen molar-refractivity contribution in [1.29, 1.82) is 0 Å². The summed E-state index contributed by atoms with van der Waals surface area (Å²) in [5.41, 5.74) is -3.11. The van der Waals surface area contributed by atoms with Gasteiger partial charge >= 0.3 is 12.2 Å². The zero-order valence-corrected chi connectivity index (χ0v) is 36.2. The van der Waals surface area contributed by atoms with Crippen LogP contribution < -0.4 is 0 Å². The monoisotopic (exact) mass is 844 g/mol. The van der Waals surface area contributed by atoms with Gasteiger partial charge in [-0.15, -0.1) is 0 Å². The fraction of sp³-hybridized carbons (Fsp3) is 0.600. The van der Waals surface area contributed by atoms with Crippen molar-refractivity contribution in [3.05, 3.63) is 71.4 Å². The zero-order valence-electron chi connectivity index (χ0n) is 34.5. The first kappa shape index (κ1) is 44.8. The van der Waals surface area contributed by atoms with E-state index in [4.69, 9.17) is 41.6 Å². The molecule has 4 aliphatic rings. The topological polar surface area (TPSA) is 173 Å². The minimum absolute atomic E-state index is 0.0450. The molecule has 58 heavy (non-hydrogen) atoms. The van der Waals surface area contributed by atoms with Gasteiger partial charge in [0.2, 0.25) is 0 Å². The number of amides is 2. The summed E-state index contributed by atoms with van der Waals surface area (Å²) in [6.07, 6.45) is -1.18. The van der Waals surface area contributed by atoms with E-state index in [9.17, 15) is 26.4 Å². The molecule has 4 fully saturated rings. The van der Waals surface area contributed by atoms with Gasteiger partial charge in [-0.05, 0) is 69.2 Å². The first-order valence-electron chi connectivity index (χ1n) is 18.6. The molecular weight excluding hydrogens is 793 g/mol. The number of rotatable bonds is 4. The molecule has 0 aromatic heterocycles. The SMILES string of the molecule is [C-]#[N+]c1ccc(S(=O)(=O)[C@H]2CN(C(=O)OC(C)(C)C)C[C@@]23COC(C)(C)O3)cc1.[C-]#[N+]c1ccc(S(=O)(=O)[C@H]2CN(C(=O)OC(C)(C)C)C[C@]23COC(C)(C)O3)cc1. The predicted octanol–water partition coefficient (Wildman–Crippen LogP) is 6.30. The lowest BCUT2D eigenvalue weighted by molar-refractivity contribution is -0.157. The van der Waals surface area contributed by atoms with E-state index in [-0.39, 0.29) is 49.2 Å². The highest BCUT2D eigenvalue weighted by atomic mass is 32.2. The second-order valence-corrected chi connectivity index (χ2v) is 22.0. The Bertz CT molecular complexity index is 2040. The summed E-state index contributed by atoms with van der Waals surface area (Å²) >= 11 is 0. The summed E-state index contributed by atoms with van der Waals surface area (Å²) in [4.78, 5) is 34.7. The van der Waals surface area contributed by atoms with Gasteiger partial charge in [-0.3, -0.25) is 0 Å². The van der Waals surface area contributed by atoms with Gasteiger partial charge in [0.25, 0.3) is 0 Å². The van der Waals surface area contributed by atoms with E-state index < -0.39 is 76.3 Å². The standard InChI is InChI=1S/2C20H26N2O6S/c2*1-18(2,3)27-17(23)22-11-16(20(12-22)13-26-19(4,5)28-20)29(24,25)15-9-7-14(21-6)8-10-15/h2*7-10,16H,11-13H2,1-5H3/t16-,20+;16-,20-/m00/s1. The van der Waals surface area contributed by atoms with Crippen molar-refractivity contribution in [2.24, 2.45) is 0 Å². The van der Waals surface area contributed by atoms with Gasteiger partial charge in [-0.1, -0.05) is 48.5 Å². The smallest absolute Gasteiger partial charge is 0.410 e. The third-order valence-electron chi connectivity index (χ3n) is 9.73. The lowest BCUT2D eigenvalue weighted by atomic mass is 10.0. The molecule has 16 nitrogen and oxygen atoms in total. The van der Waals surface area contributed by atoms with Crippen LogP contribution in [0.5, 0.6) is 0 Å². The number of carbonyl (C=O) groups is 2. The molecule has 6 rings (SSSR count). The third-order valence-corrected chi connectivity index (χ3v) is 14.2. The van der Waals surface area contributed by atoms with Crippen molar-refractivity contribution in [1.82, 2.24) is 9.80 Å². The molecule has 0 aliphatic carbocycles. The quantitative estimate of drug-likeness (QED) is 0.315. The highest BCUT2D eigenvalue weighted by Crippen LogP contribution is 2.44. The van der Waals surface area contributed by atoms with E-state index in [1.54, 1.807) is 69.2 Å². The van der Waals surface area contributed by atoms with Crippen molar-refractivity contribution < 1.29 is 54.8 Å². The zero-order chi connectivity index (χ0) is 43.3. The van der Waals surface area contributed by atoms with Crippen molar-refractivity contribution in [2.75, 3.05) is 39.4 Å². The summed E-state index contributed by atoms with van der Waals surface area (Å²) in [6, 6.07) is 11.5. The van der Waals surface area contributed by atoms with Crippen molar-refractivity contribution in [3.8, 4) is 0 Å². The van der Waals surface area contributed by atoms with E-state index in [1.165, 1.54) is 58.3 Å². The van der Waals surface area contributed by atoms with Crippen LogP contribution in [0, 0.1) is 13.1 Å². The van der Waals surface area contributed by atoms with Crippen LogP contribution in [0.1, 0.15) is 69.2 Å². The Kier molecular flexibility index (Phi) is 11.9. The summed E-state index contributed by atoms with van der Waals surface area (Å²) < 4.78 is 88.3. The first-order chi connectivity index (χ1) is 26.6. The Morgan fingerprint density at radius 2 is 0.948 bits per heavy atom. The van der Waals surface area contributed by atoms with Gasteiger partial charge in [0.1, 0.15) is 32.9 Å². The highest BCUT2D eigenvalue weighted by Gasteiger charge is 2.63. The molecule has 18 heteroatoms. The second kappa shape index (κ2) is 15.4. The minimum atomic E-state index is -3.87. The number of nitrogens with zero attached hydrogens (tertiary/aromatic N) is 4. The minimum Gasteiger partial charge on any atom is -0.444 e. The lowest BCUT2D eigenvalue weighted by Gasteiger charge is -2.29.